The van der Waals surface area contributed by atoms with Crippen LogP contribution in [0.4, 0.5) is 26.3 Å². The average molecular weight is 519 g/mol. The summed E-state index contributed by atoms with van der Waals surface area (Å²) in [6.07, 6.45) is -10.1. The van der Waals surface area contributed by atoms with Crippen LogP contribution in [-0.2, 0) is 43.4 Å². The van der Waals surface area contributed by atoms with Gasteiger partial charge in [-0.15, -0.1) is 0 Å². The smallest absolute Gasteiger partial charge is 0.416 e. The number of carbonyl (C=O) groups is 1. The fourth-order valence-electron chi connectivity index (χ4n) is 4.14. The van der Waals surface area contributed by atoms with Crippen molar-refractivity contribution in [3.8, 4) is 0 Å². The predicted molar refractivity (Wildman–Crippen MR) is 118 cm³/mol. The van der Waals surface area contributed by atoms with E-state index >= 15 is 0 Å². The zero-order valence-corrected chi connectivity index (χ0v) is 19.5. The van der Waals surface area contributed by atoms with Crippen LogP contribution in [0.15, 0.2) is 48.5 Å². The highest BCUT2D eigenvalue weighted by Crippen LogP contribution is 2.37. The first-order valence-corrected chi connectivity index (χ1v) is 11.3. The number of esters is 1. The second kappa shape index (κ2) is 11.6. The van der Waals surface area contributed by atoms with Gasteiger partial charge in [0.25, 0.3) is 0 Å². The van der Waals surface area contributed by atoms with Crippen LogP contribution in [0.3, 0.4) is 0 Å². The first kappa shape index (κ1) is 27.9. The molecule has 2 aromatic carbocycles. The van der Waals surface area contributed by atoms with Crippen molar-refractivity contribution in [3.05, 3.63) is 70.8 Å². The third-order valence-electron chi connectivity index (χ3n) is 6.14. The third kappa shape index (κ3) is 7.44. The molecule has 1 heterocycles. The zero-order valence-electron chi connectivity index (χ0n) is 19.5. The second-order valence-corrected chi connectivity index (χ2v) is 8.64. The van der Waals surface area contributed by atoms with Crippen LogP contribution in [0, 0.1) is 0 Å². The number of nitrogens with one attached hydrogen (secondary N) is 1. The Morgan fingerprint density at radius 1 is 0.944 bits per heavy atom. The lowest BCUT2D eigenvalue weighted by atomic mass is 9.74. The molecule has 0 aromatic heterocycles. The molecule has 1 unspecified atom stereocenters. The molecular weight excluding hydrogens is 492 g/mol. The van der Waals surface area contributed by atoms with Crippen molar-refractivity contribution in [2.75, 3.05) is 26.8 Å². The van der Waals surface area contributed by atoms with E-state index in [4.69, 9.17) is 9.47 Å². The molecule has 0 bridgehead atoms. The number of halogens is 6. The molecule has 0 spiro atoms. The van der Waals surface area contributed by atoms with Gasteiger partial charge in [0.1, 0.15) is 0 Å². The molecule has 0 radical (unpaired) electrons. The number of hydrogen-bond donors (Lipinski definition) is 1. The Balaban J connectivity index is 1.80. The molecule has 1 aliphatic heterocycles. The summed E-state index contributed by atoms with van der Waals surface area (Å²) in [7, 11) is 1.15. The van der Waals surface area contributed by atoms with E-state index in [1.54, 1.807) is 0 Å². The molecule has 3 rings (SSSR count). The summed E-state index contributed by atoms with van der Waals surface area (Å²) in [6.45, 7) is 0.960. The third-order valence-corrected chi connectivity index (χ3v) is 6.14. The van der Waals surface area contributed by atoms with Gasteiger partial charge in [-0.2, -0.15) is 26.3 Å². The maximum Gasteiger partial charge on any atom is 0.416 e. The molecule has 1 N–H and O–H groups in total. The average Bonchev–Trinajstić information content (AvgIpc) is 2.85. The number of ether oxygens (including phenoxy) is 3. The molecule has 0 saturated carbocycles. The Hall–Kier alpha value is -2.63. The van der Waals surface area contributed by atoms with Crippen LogP contribution in [0.1, 0.15) is 41.5 Å². The summed E-state index contributed by atoms with van der Waals surface area (Å²) in [4.78, 5) is 11.9. The maximum atomic E-state index is 13.2. The molecule has 2 aromatic rings. The van der Waals surface area contributed by atoms with E-state index in [0.29, 0.717) is 12.1 Å². The highest BCUT2D eigenvalue weighted by Gasteiger charge is 2.38. The largest absolute Gasteiger partial charge is 0.469 e. The number of benzene rings is 2. The van der Waals surface area contributed by atoms with E-state index < -0.39 is 47.8 Å². The van der Waals surface area contributed by atoms with Gasteiger partial charge in [0.05, 0.1) is 37.9 Å². The molecule has 0 amide bonds. The van der Waals surface area contributed by atoms with Crippen molar-refractivity contribution in [1.29, 1.82) is 0 Å². The van der Waals surface area contributed by atoms with Gasteiger partial charge in [-0.1, -0.05) is 30.3 Å². The van der Waals surface area contributed by atoms with Gasteiger partial charge in [-0.25, -0.2) is 0 Å². The van der Waals surface area contributed by atoms with E-state index in [0.717, 1.165) is 38.6 Å². The van der Waals surface area contributed by atoms with Gasteiger partial charge < -0.3 is 19.5 Å². The van der Waals surface area contributed by atoms with E-state index in [2.05, 4.69) is 10.1 Å². The fraction of sp³-hybridized carbons (Fsp3) is 0.480. The van der Waals surface area contributed by atoms with Gasteiger partial charge in [0, 0.05) is 5.41 Å². The van der Waals surface area contributed by atoms with Crippen LogP contribution in [0.5, 0.6) is 0 Å². The number of rotatable bonds is 9. The van der Waals surface area contributed by atoms with Crippen LogP contribution in [-0.4, -0.2) is 39.1 Å². The Kier molecular flexibility index (Phi) is 9.02. The summed E-state index contributed by atoms with van der Waals surface area (Å²) in [5, 5.41) is 3.28. The Morgan fingerprint density at radius 3 is 2.06 bits per heavy atom. The van der Waals surface area contributed by atoms with Crippen molar-refractivity contribution in [2.45, 2.75) is 49.9 Å². The van der Waals surface area contributed by atoms with Gasteiger partial charge >= 0.3 is 18.3 Å². The van der Waals surface area contributed by atoms with Gasteiger partial charge in [0.2, 0.25) is 0 Å². The lowest BCUT2D eigenvalue weighted by Gasteiger charge is -2.39. The molecule has 1 saturated heterocycles. The monoisotopic (exact) mass is 519 g/mol. The fourth-order valence-corrected chi connectivity index (χ4v) is 4.14. The van der Waals surface area contributed by atoms with Crippen molar-refractivity contribution in [2.24, 2.45) is 0 Å². The molecule has 11 heteroatoms. The normalized spacial score (nSPS) is 17.0. The molecular formula is C25H27F6NO4. The number of methoxy groups -OCH3 is 1. The van der Waals surface area contributed by atoms with Crippen LogP contribution in [0.25, 0.3) is 0 Å². The molecule has 1 fully saturated rings. The van der Waals surface area contributed by atoms with Crippen molar-refractivity contribution in [3.63, 3.8) is 0 Å². The summed E-state index contributed by atoms with van der Waals surface area (Å²) >= 11 is 0. The summed E-state index contributed by atoms with van der Waals surface area (Å²) in [5.74, 6) is -0.695. The van der Waals surface area contributed by atoms with Crippen molar-refractivity contribution in [1.82, 2.24) is 5.32 Å². The van der Waals surface area contributed by atoms with Gasteiger partial charge in [0.15, 0.2) is 6.29 Å². The standard InChI is InChI=1S/C25H27F6NO4/c1-34-21(33)14-22(36-16-23(7-9-32-10-8-23)18-5-3-2-4-6-18)35-15-17-11-19(24(26,27)28)13-20(12-17)25(29,30)31/h2-6,11-13,22,32H,7-10,14-16H2,1H3. The minimum Gasteiger partial charge on any atom is -0.469 e. The SMILES string of the molecule is COC(=O)CC(OCc1cc(C(F)(F)F)cc(C(F)(F)F)c1)OCC1(c2ccccc2)CCNCC1. The summed E-state index contributed by atoms with van der Waals surface area (Å²) in [6, 6.07) is 10.8. The van der Waals surface area contributed by atoms with E-state index in [-0.39, 0.29) is 24.7 Å². The number of hydrogen-bond acceptors (Lipinski definition) is 5. The molecule has 5 nitrogen and oxygen atoms in total. The van der Waals surface area contributed by atoms with E-state index in [9.17, 15) is 31.1 Å². The van der Waals surface area contributed by atoms with Crippen molar-refractivity contribution >= 4 is 5.97 Å². The Bertz CT molecular complexity index is 972. The summed E-state index contributed by atoms with van der Waals surface area (Å²) < 4.78 is 95.2. The first-order valence-electron chi connectivity index (χ1n) is 11.3. The topological polar surface area (TPSA) is 56.8 Å². The minimum atomic E-state index is -4.98. The van der Waals surface area contributed by atoms with Gasteiger partial charge in [-0.3, -0.25) is 4.79 Å². The first-order chi connectivity index (χ1) is 16.9. The maximum absolute atomic E-state index is 13.2. The van der Waals surface area contributed by atoms with E-state index in [1.807, 2.05) is 30.3 Å². The van der Waals surface area contributed by atoms with Gasteiger partial charge in [-0.05, 0) is 55.3 Å². The predicted octanol–water partition coefficient (Wildman–Crippen LogP) is 5.47. The number of alkyl halides is 6. The van der Waals surface area contributed by atoms with E-state index in [1.165, 1.54) is 0 Å². The minimum absolute atomic E-state index is 0.0483. The van der Waals surface area contributed by atoms with Crippen LogP contribution in [0.2, 0.25) is 0 Å². The molecule has 36 heavy (non-hydrogen) atoms. The second-order valence-electron chi connectivity index (χ2n) is 8.64. The van der Waals surface area contributed by atoms with Crippen LogP contribution < -0.4 is 5.32 Å². The molecule has 1 aliphatic rings. The molecule has 1 atom stereocenters. The summed E-state index contributed by atoms with van der Waals surface area (Å²) in [5.41, 5.74) is -2.62. The lowest BCUT2D eigenvalue weighted by Crippen LogP contribution is -2.44. The number of carbonyl (C=O) groups excluding carboxylic acids is 1. The van der Waals surface area contributed by atoms with Crippen molar-refractivity contribution < 1.29 is 45.3 Å². The highest BCUT2D eigenvalue weighted by molar-refractivity contribution is 5.69. The van der Waals surface area contributed by atoms with Crippen LogP contribution >= 0.6 is 0 Å². The quantitative estimate of drug-likeness (QED) is 0.271. The number of piperidine rings is 1. The molecule has 198 valence electrons. The highest BCUT2D eigenvalue weighted by atomic mass is 19.4. The Labute approximate surface area is 204 Å². The molecule has 0 aliphatic carbocycles. The zero-order chi connectivity index (χ0) is 26.4. The lowest BCUT2D eigenvalue weighted by molar-refractivity contribution is -0.179. The Morgan fingerprint density at radius 2 is 1.53 bits per heavy atom.